The first-order valence-electron chi connectivity index (χ1n) is 3.72. The van der Waals surface area contributed by atoms with Crippen LogP contribution in [-0.2, 0) is 0 Å². The van der Waals surface area contributed by atoms with Crippen molar-refractivity contribution >= 4 is 29.4 Å². The lowest BCUT2D eigenvalue weighted by Crippen LogP contribution is -2.72. The summed E-state index contributed by atoms with van der Waals surface area (Å²) < 4.78 is 5.89. The smallest absolute Gasteiger partial charge is 0.277 e. The Morgan fingerprint density at radius 1 is 1.70 bits per heavy atom. The van der Waals surface area contributed by atoms with Crippen LogP contribution in [0.5, 0.6) is 0 Å². The number of hydrogen-bond donors (Lipinski definition) is 1. The summed E-state index contributed by atoms with van der Waals surface area (Å²) in [6, 6.07) is 0. The summed E-state index contributed by atoms with van der Waals surface area (Å²) in [5.41, 5.74) is 0.371. The van der Waals surface area contributed by atoms with Gasteiger partial charge in [-0.3, -0.25) is 0 Å². The van der Waals surface area contributed by atoms with E-state index in [2.05, 4.69) is 29.7 Å². The van der Waals surface area contributed by atoms with Crippen LogP contribution in [0.1, 0.15) is 27.2 Å². The first-order chi connectivity index (χ1) is 4.58. The zero-order valence-corrected chi connectivity index (χ0v) is 10.1. The van der Waals surface area contributed by atoms with E-state index in [0.717, 1.165) is 0 Å². The van der Waals surface area contributed by atoms with Gasteiger partial charge in [-0.2, -0.15) is 0 Å². The van der Waals surface area contributed by atoms with Crippen LogP contribution in [-0.4, -0.2) is 28.0 Å². The Kier molecular flexibility index (Phi) is 2.57. The van der Waals surface area contributed by atoms with Crippen LogP contribution < -0.4 is 4.65 Å². The second-order valence-electron chi connectivity index (χ2n) is 3.33. The molecule has 0 aromatic carbocycles. The molecule has 1 rings (SSSR count). The fraction of sp³-hybridized carbons (Fsp3) is 1.00. The van der Waals surface area contributed by atoms with E-state index < -0.39 is 8.43 Å². The SMILES string of the molecule is CCC(C)(C)N1[SiH2]N[SiH]1Cl. The first-order valence-corrected chi connectivity index (χ1v) is 7.90. The van der Waals surface area contributed by atoms with Crippen LogP contribution in [0.2, 0.25) is 0 Å². The number of halogens is 1. The Hall–Kier alpha value is 0.644. The van der Waals surface area contributed by atoms with Gasteiger partial charge in [-0.15, -0.1) is 11.1 Å². The number of rotatable bonds is 2. The molecule has 10 heavy (non-hydrogen) atoms. The fourth-order valence-electron chi connectivity index (χ4n) is 0.976. The summed E-state index contributed by atoms with van der Waals surface area (Å²) in [6.07, 6.45) is 1.21. The standard InChI is InChI=1S/C5H15ClN2Si2/c1-4-5(2,3)8-9-7-10(8)6/h7,10H,4,9H2,1-3H3. The summed E-state index contributed by atoms with van der Waals surface area (Å²) in [4.78, 5) is 0. The molecule has 0 bridgehead atoms. The van der Waals surface area contributed by atoms with Gasteiger partial charge in [0, 0.05) is 5.54 Å². The minimum absolute atomic E-state index is 0.131. The van der Waals surface area contributed by atoms with E-state index in [4.69, 9.17) is 11.1 Å². The second-order valence-corrected chi connectivity index (χ2v) is 9.23. The molecule has 5 heteroatoms. The van der Waals surface area contributed by atoms with Crippen molar-refractivity contribution in [2.75, 3.05) is 0 Å². The van der Waals surface area contributed by atoms with E-state index in [1.165, 1.54) is 6.42 Å². The minimum atomic E-state index is -1.11. The van der Waals surface area contributed by atoms with Crippen LogP contribution in [0.4, 0.5) is 0 Å². The molecule has 1 aliphatic heterocycles. The molecule has 2 nitrogen and oxygen atoms in total. The molecule has 0 aromatic heterocycles. The highest BCUT2D eigenvalue weighted by Crippen LogP contribution is 2.22. The van der Waals surface area contributed by atoms with Crippen LogP contribution in [0.3, 0.4) is 0 Å². The van der Waals surface area contributed by atoms with Gasteiger partial charge < -0.3 is 8.88 Å². The Labute approximate surface area is 71.4 Å². The van der Waals surface area contributed by atoms with Crippen molar-refractivity contribution < 1.29 is 0 Å². The summed E-state index contributed by atoms with van der Waals surface area (Å²) in [5.74, 6) is 0. The molecule has 1 aliphatic rings. The molecule has 0 amide bonds. The topological polar surface area (TPSA) is 15.3 Å². The Morgan fingerprint density at radius 2 is 2.30 bits per heavy atom. The maximum atomic E-state index is 6.07. The Morgan fingerprint density at radius 3 is 2.40 bits per heavy atom. The molecule has 1 unspecified atom stereocenters. The Bertz CT molecular complexity index is 131. The van der Waals surface area contributed by atoms with Gasteiger partial charge in [0.05, 0.1) is 0 Å². The van der Waals surface area contributed by atoms with Crippen LogP contribution in [0.15, 0.2) is 0 Å². The largest absolute Gasteiger partial charge is 0.331 e. The van der Waals surface area contributed by atoms with E-state index in [0.29, 0.717) is 5.54 Å². The van der Waals surface area contributed by atoms with Crippen LogP contribution >= 0.6 is 11.1 Å². The number of nitrogens with one attached hydrogen (secondary N) is 1. The zero-order chi connectivity index (χ0) is 7.78. The minimum Gasteiger partial charge on any atom is -0.331 e. The zero-order valence-electron chi connectivity index (χ0n) is 6.82. The average molecular weight is 195 g/mol. The van der Waals surface area contributed by atoms with Crippen LogP contribution in [0, 0.1) is 0 Å². The van der Waals surface area contributed by atoms with Gasteiger partial charge in [0.15, 0.2) is 9.84 Å². The molecule has 1 saturated heterocycles. The lowest BCUT2D eigenvalue weighted by molar-refractivity contribution is 0.308. The van der Waals surface area contributed by atoms with E-state index in [1.807, 2.05) is 0 Å². The highest BCUT2D eigenvalue weighted by atomic mass is 35.6. The third kappa shape index (κ3) is 1.45. The van der Waals surface area contributed by atoms with Crippen molar-refractivity contribution in [3.8, 4) is 0 Å². The van der Waals surface area contributed by atoms with Crippen LogP contribution in [0.25, 0.3) is 0 Å². The fourth-order valence-corrected chi connectivity index (χ4v) is 6.47. The number of nitrogens with zero attached hydrogens (tertiary/aromatic N) is 1. The van der Waals surface area contributed by atoms with E-state index >= 15 is 0 Å². The first kappa shape index (κ1) is 8.74. The van der Waals surface area contributed by atoms with E-state index in [1.54, 1.807) is 0 Å². The molecule has 0 saturated carbocycles. The van der Waals surface area contributed by atoms with Crippen molar-refractivity contribution in [1.82, 2.24) is 8.88 Å². The quantitative estimate of drug-likeness (QED) is 0.494. The Balaban J connectivity index is 2.47. The van der Waals surface area contributed by atoms with Crippen molar-refractivity contribution in [3.63, 3.8) is 0 Å². The molecule has 0 spiro atoms. The third-order valence-corrected chi connectivity index (χ3v) is 11.3. The maximum Gasteiger partial charge on any atom is 0.277 e. The van der Waals surface area contributed by atoms with Crippen molar-refractivity contribution in [2.45, 2.75) is 32.7 Å². The van der Waals surface area contributed by atoms with Gasteiger partial charge in [-0.05, 0) is 20.3 Å². The predicted octanol–water partition coefficient (Wildman–Crippen LogP) is 0.0350. The predicted molar refractivity (Wildman–Crippen MR) is 50.9 cm³/mol. The molecule has 0 aliphatic carbocycles. The summed E-state index contributed by atoms with van der Waals surface area (Å²) in [7, 11) is -1.24. The van der Waals surface area contributed by atoms with Gasteiger partial charge in [0.2, 0.25) is 0 Å². The van der Waals surface area contributed by atoms with Gasteiger partial charge >= 0.3 is 0 Å². The van der Waals surface area contributed by atoms with Gasteiger partial charge in [-0.25, -0.2) is 0 Å². The maximum absolute atomic E-state index is 6.07. The highest BCUT2D eigenvalue weighted by Gasteiger charge is 2.37. The van der Waals surface area contributed by atoms with Gasteiger partial charge in [0.25, 0.3) is 8.43 Å². The molecule has 60 valence electrons. The van der Waals surface area contributed by atoms with Crippen molar-refractivity contribution in [3.05, 3.63) is 0 Å². The summed E-state index contributed by atoms with van der Waals surface area (Å²) >= 11 is 6.07. The molecule has 0 radical (unpaired) electrons. The highest BCUT2D eigenvalue weighted by molar-refractivity contribution is 7.12. The lowest BCUT2D eigenvalue weighted by Gasteiger charge is -2.47. The molecule has 1 atom stereocenters. The number of hydrogen-bond acceptors (Lipinski definition) is 2. The summed E-state index contributed by atoms with van der Waals surface area (Å²) in [6.45, 7) is 6.79. The van der Waals surface area contributed by atoms with Gasteiger partial charge in [0.1, 0.15) is 0 Å². The normalized spacial score (nSPS) is 30.6. The lowest BCUT2D eigenvalue weighted by atomic mass is 10.0. The molecular formula is C5H15ClN2Si2. The molecule has 1 N–H and O–H groups in total. The van der Waals surface area contributed by atoms with Crippen molar-refractivity contribution in [2.24, 2.45) is 0 Å². The molecule has 1 heterocycles. The summed E-state index contributed by atoms with van der Waals surface area (Å²) in [5, 5.41) is 0. The van der Waals surface area contributed by atoms with Crippen molar-refractivity contribution in [1.29, 1.82) is 0 Å². The van der Waals surface area contributed by atoms with E-state index in [9.17, 15) is 0 Å². The second kappa shape index (κ2) is 2.94. The third-order valence-electron chi connectivity index (χ3n) is 2.35. The molecular weight excluding hydrogens is 180 g/mol. The van der Waals surface area contributed by atoms with Gasteiger partial charge in [-0.1, -0.05) is 6.92 Å². The van der Waals surface area contributed by atoms with E-state index in [-0.39, 0.29) is 9.84 Å². The molecule has 0 aromatic rings. The average Bonchev–Trinajstić information content (AvgIpc) is 1.84. The molecule has 1 fully saturated rings. The monoisotopic (exact) mass is 194 g/mol.